The van der Waals surface area contributed by atoms with E-state index in [9.17, 15) is 9.18 Å². The van der Waals surface area contributed by atoms with Crippen LogP contribution in [0.15, 0.2) is 23.2 Å². The van der Waals surface area contributed by atoms with Crippen LogP contribution in [0.1, 0.15) is 24.9 Å². The average molecular weight is 424 g/mol. The van der Waals surface area contributed by atoms with E-state index in [0.717, 1.165) is 44.8 Å². The number of rotatable bonds is 9. The lowest BCUT2D eigenvalue weighted by molar-refractivity contribution is -0.127. The SMILES string of the molecule is COc1ccc(C(C)NC(=NCC(=O)N(C)C)NCCCN2CCOCC2)cc1F. The number of guanidine groups is 1. The first kappa shape index (κ1) is 23.9. The number of benzene rings is 1. The first-order valence-electron chi connectivity index (χ1n) is 10.3. The Kier molecular flexibility index (Phi) is 9.82. The summed E-state index contributed by atoms with van der Waals surface area (Å²) in [5, 5.41) is 6.54. The van der Waals surface area contributed by atoms with Gasteiger partial charge in [0, 0.05) is 33.7 Å². The molecule has 0 aromatic heterocycles. The number of carbonyl (C=O) groups is 1. The maximum absolute atomic E-state index is 14.1. The number of nitrogens with zero attached hydrogens (tertiary/aromatic N) is 3. The van der Waals surface area contributed by atoms with Gasteiger partial charge in [-0.2, -0.15) is 0 Å². The van der Waals surface area contributed by atoms with Gasteiger partial charge in [0.25, 0.3) is 0 Å². The summed E-state index contributed by atoms with van der Waals surface area (Å²) < 4.78 is 24.4. The number of aliphatic imine (C=N–C) groups is 1. The minimum Gasteiger partial charge on any atom is -0.494 e. The number of amides is 1. The molecule has 0 aliphatic carbocycles. The van der Waals surface area contributed by atoms with Crippen molar-refractivity contribution in [2.75, 3.05) is 67.1 Å². The molecule has 1 aromatic carbocycles. The summed E-state index contributed by atoms with van der Waals surface area (Å²) in [6.45, 7) is 7.11. The second-order valence-corrected chi connectivity index (χ2v) is 7.45. The first-order valence-corrected chi connectivity index (χ1v) is 10.3. The maximum Gasteiger partial charge on any atom is 0.243 e. The Hall–Kier alpha value is -2.39. The van der Waals surface area contributed by atoms with Crippen molar-refractivity contribution in [3.63, 3.8) is 0 Å². The monoisotopic (exact) mass is 423 g/mol. The van der Waals surface area contributed by atoms with Gasteiger partial charge < -0.3 is 25.0 Å². The molecule has 1 heterocycles. The molecule has 1 fully saturated rings. The second-order valence-electron chi connectivity index (χ2n) is 7.45. The van der Waals surface area contributed by atoms with Crippen molar-refractivity contribution in [2.24, 2.45) is 4.99 Å². The van der Waals surface area contributed by atoms with Gasteiger partial charge in [0.05, 0.1) is 26.4 Å². The molecule has 0 bridgehead atoms. The van der Waals surface area contributed by atoms with Crippen LogP contribution in [0.3, 0.4) is 0 Å². The summed E-state index contributed by atoms with van der Waals surface area (Å²) in [7, 11) is 4.83. The molecule has 2 N–H and O–H groups in total. The number of methoxy groups -OCH3 is 1. The van der Waals surface area contributed by atoms with Crippen molar-refractivity contribution in [1.82, 2.24) is 20.4 Å². The highest BCUT2D eigenvalue weighted by atomic mass is 19.1. The number of ether oxygens (including phenoxy) is 2. The highest BCUT2D eigenvalue weighted by Crippen LogP contribution is 2.21. The van der Waals surface area contributed by atoms with Crippen molar-refractivity contribution in [1.29, 1.82) is 0 Å². The van der Waals surface area contributed by atoms with Crippen molar-refractivity contribution < 1.29 is 18.7 Å². The molecule has 1 saturated heterocycles. The first-order chi connectivity index (χ1) is 14.4. The number of carbonyl (C=O) groups excluding carboxylic acids is 1. The van der Waals surface area contributed by atoms with Crippen LogP contribution in [-0.4, -0.2) is 88.8 Å². The minimum absolute atomic E-state index is 0.0372. The fourth-order valence-corrected chi connectivity index (χ4v) is 3.02. The quantitative estimate of drug-likeness (QED) is 0.354. The van der Waals surface area contributed by atoms with E-state index in [0.29, 0.717) is 12.5 Å². The Morgan fingerprint density at radius 1 is 1.37 bits per heavy atom. The predicted octanol–water partition coefficient (Wildman–Crippen LogP) is 1.24. The molecule has 2 rings (SSSR count). The number of morpholine rings is 1. The van der Waals surface area contributed by atoms with Crippen molar-refractivity contribution in [3.05, 3.63) is 29.6 Å². The molecule has 1 amide bonds. The van der Waals surface area contributed by atoms with E-state index in [1.165, 1.54) is 18.1 Å². The third-order valence-electron chi connectivity index (χ3n) is 4.95. The Labute approximate surface area is 178 Å². The minimum atomic E-state index is -0.414. The fourth-order valence-electron chi connectivity index (χ4n) is 3.02. The topological polar surface area (TPSA) is 78.4 Å². The van der Waals surface area contributed by atoms with E-state index >= 15 is 0 Å². The average Bonchev–Trinajstić information content (AvgIpc) is 2.74. The van der Waals surface area contributed by atoms with Gasteiger partial charge in [0.1, 0.15) is 6.54 Å². The number of nitrogens with one attached hydrogen (secondary N) is 2. The molecule has 1 aliphatic heterocycles. The van der Waals surface area contributed by atoms with E-state index < -0.39 is 5.82 Å². The number of hydrogen-bond donors (Lipinski definition) is 2. The maximum atomic E-state index is 14.1. The largest absolute Gasteiger partial charge is 0.494 e. The normalized spacial score (nSPS) is 16.1. The Bertz CT molecular complexity index is 708. The smallest absolute Gasteiger partial charge is 0.243 e. The third kappa shape index (κ3) is 7.79. The third-order valence-corrected chi connectivity index (χ3v) is 4.95. The van der Waals surface area contributed by atoms with Crippen molar-refractivity contribution in [2.45, 2.75) is 19.4 Å². The highest BCUT2D eigenvalue weighted by Gasteiger charge is 2.13. The van der Waals surface area contributed by atoms with Gasteiger partial charge in [-0.1, -0.05) is 6.07 Å². The summed E-state index contributed by atoms with van der Waals surface area (Å²) >= 11 is 0. The molecule has 0 spiro atoms. The van der Waals surface area contributed by atoms with E-state index in [1.54, 1.807) is 26.2 Å². The molecule has 0 radical (unpaired) electrons. The van der Waals surface area contributed by atoms with Gasteiger partial charge >= 0.3 is 0 Å². The van der Waals surface area contributed by atoms with Crippen LogP contribution in [0.5, 0.6) is 5.75 Å². The van der Waals surface area contributed by atoms with Gasteiger partial charge in [-0.25, -0.2) is 9.38 Å². The lowest BCUT2D eigenvalue weighted by atomic mass is 10.1. The van der Waals surface area contributed by atoms with Gasteiger partial charge in [-0.15, -0.1) is 0 Å². The van der Waals surface area contributed by atoms with Gasteiger partial charge in [-0.3, -0.25) is 9.69 Å². The standard InChI is InChI=1S/C21H34FN5O3/c1-16(17-6-7-19(29-4)18(22)14-17)25-21(24-15-20(28)26(2)3)23-8-5-9-27-10-12-30-13-11-27/h6-7,14,16H,5,8-13,15H2,1-4H3,(H2,23,24,25). The van der Waals surface area contributed by atoms with Crippen LogP contribution in [0.25, 0.3) is 0 Å². The molecule has 1 atom stereocenters. The van der Waals surface area contributed by atoms with Crippen LogP contribution in [-0.2, 0) is 9.53 Å². The summed E-state index contributed by atoms with van der Waals surface area (Å²) in [5.74, 6) is 0.226. The molecule has 0 saturated carbocycles. The molecule has 30 heavy (non-hydrogen) atoms. The molecular weight excluding hydrogens is 389 g/mol. The van der Waals surface area contributed by atoms with Crippen LogP contribution >= 0.6 is 0 Å². The molecule has 1 unspecified atom stereocenters. The predicted molar refractivity (Wildman–Crippen MR) is 115 cm³/mol. The summed E-state index contributed by atoms with van der Waals surface area (Å²) in [6, 6.07) is 4.65. The summed E-state index contributed by atoms with van der Waals surface area (Å²) in [5.41, 5.74) is 0.759. The summed E-state index contributed by atoms with van der Waals surface area (Å²) in [4.78, 5) is 20.2. The Morgan fingerprint density at radius 3 is 2.73 bits per heavy atom. The number of hydrogen-bond acceptors (Lipinski definition) is 5. The van der Waals surface area contributed by atoms with Crippen molar-refractivity contribution >= 4 is 11.9 Å². The van der Waals surface area contributed by atoms with E-state index in [-0.39, 0.29) is 24.2 Å². The van der Waals surface area contributed by atoms with Crippen LogP contribution in [0, 0.1) is 5.82 Å². The molecule has 1 aliphatic rings. The second kappa shape index (κ2) is 12.3. The molecule has 8 nitrogen and oxygen atoms in total. The van der Waals surface area contributed by atoms with Gasteiger partial charge in [0.2, 0.25) is 5.91 Å². The van der Waals surface area contributed by atoms with Crippen LogP contribution < -0.4 is 15.4 Å². The van der Waals surface area contributed by atoms with Crippen molar-refractivity contribution in [3.8, 4) is 5.75 Å². The van der Waals surface area contributed by atoms with Crippen LogP contribution in [0.4, 0.5) is 4.39 Å². The zero-order chi connectivity index (χ0) is 21.9. The zero-order valence-electron chi connectivity index (χ0n) is 18.4. The highest BCUT2D eigenvalue weighted by molar-refractivity contribution is 5.85. The Balaban J connectivity index is 1.94. The lowest BCUT2D eigenvalue weighted by Crippen LogP contribution is -2.42. The lowest BCUT2D eigenvalue weighted by Gasteiger charge is -2.26. The van der Waals surface area contributed by atoms with Gasteiger partial charge in [-0.05, 0) is 37.6 Å². The van der Waals surface area contributed by atoms with Crippen LogP contribution in [0.2, 0.25) is 0 Å². The molecular formula is C21H34FN5O3. The summed E-state index contributed by atoms with van der Waals surface area (Å²) in [6.07, 6.45) is 0.938. The van der Waals surface area contributed by atoms with Gasteiger partial charge in [0.15, 0.2) is 17.5 Å². The zero-order valence-corrected chi connectivity index (χ0v) is 18.4. The molecule has 1 aromatic rings. The molecule has 9 heteroatoms. The van der Waals surface area contributed by atoms with E-state index in [2.05, 4.69) is 20.5 Å². The number of halogens is 1. The fraction of sp³-hybridized carbons (Fsp3) is 0.619. The number of likely N-dealkylation sites (N-methyl/N-ethyl adjacent to an activating group) is 1. The Morgan fingerprint density at radius 2 is 2.10 bits per heavy atom. The van der Waals surface area contributed by atoms with E-state index in [1.807, 2.05) is 6.92 Å². The molecule has 168 valence electrons. The van der Waals surface area contributed by atoms with E-state index in [4.69, 9.17) is 9.47 Å².